The van der Waals surface area contributed by atoms with Gasteiger partial charge in [0.1, 0.15) is 0 Å². The number of carboxylic acids is 1. The number of hydrogen-bond donors (Lipinski definition) is 1. The summed E-state index contributed by atoms with van der Waals surface area (Å²) < 4.78 is 0. The molecular formula is C15H20N2O3. The molecule has 5 heteroatoms. The minimum atomic E-state index is -0.792. The van der Waals surface area contributed by atoms with Crippen LogP contribution in [0.4, 0.5) is 5.69 Å². The molecule has 0 spiro atoms. The van der Waals surface area contributed by atoms with Crippen LogP contribution in [-0.2, 0) is 4.79 Å². The molecule has 1 aliphatic rings. The summed E-state index contributed by atoms with van der Waals surface area (Å²) in [4.78, 5) is 26.7. The summed E-state index contributed by atoms with van der Waals surface area (Å²) >= 11 is 0. The van der Waals surface area contributed by atoms with Crippen molar-refractivity contribution in [2.24, 2.45) is 5.92 Å². The average molecular weight is 276 g/mol. The maximum atomic E-state index is 12.3. The van der Waals surface area contributed by atoms with Crippen LogP contribution in [0.5, 0.6) is 0 Å². The van der Waals surface area contributed by atoms with Crippen molar-refractivity contribution in [2.75, 3.05) is 32.1 Å². The standard InChI is InChI=1S/C15H20N2O3/c1-16(2)13-5-3-12(4-6-13)15(20)17-8-7-11(10-17)9-14(18)19/h3-6,11H,7-10H2,1-2H3,(H,18,19). The second-order valence-corrected chi connectivity index (χ2v) is 5.45. The molecule has 1 heterocycles. The Bertz CT molecular complexity index is 496. The minimum absolute atomic E-state index is 0.0109. The van der Waals surface area contributed by atoms with Gasteiger partial charge in [0.25, 0.3) is 5.91 Å². The summed E-state index contributed by atoms with van der Waals surface area (Å²) in [5.74, 6) is -0.722. The first-order valence-corrected chi connectivity index (χ1v) is 6.76. The molecule has 5 nitrogen and oxygen atoms in total. The van der Waals surface area contributed by atoms with Crippen LogP contribution in [0, 0.1) is 5.92 Å². The molecule has 1 fully saturated rings. The van der Waals surface area contributed by atoms with Crippen LogP contribution in [0.2, 0.25) is 0 Å². The van der Waals surface area contributed by atoms with Crippen molar-refractivity contribution in [3.8, 4) is 0 Å². The lowest BCUT2D eigenvalue weighted by molar-refractivity contribution is -0.138. The van der Waals surface area contributed by atoms with Gasteiger partial charge in [0.05, 0.1) is 0 Å². The van der Waals surface area contributed by atoms with Gasteiger partial charge in [0, 0.05) is 44.9 Å². The Morgan fingerprint density at radius 3 is 2.50 bits per heavy atom. The maximum absolute atomic E-state index is 12.3. The lowest BCUT2D eigenvalue weighted by Gasteiger charge is -2.17. The molecule has 1 N–H and O–H groups in total. The Morgan fingerprint density at radius 1 is 1.30 bits per heavy atom. The molecule has 1 aromatic rings. The van der Waals surface area contributed by atoms with Crippen molar-refractivity contribution in [3.05, 3.63) is 29.8 Å². The van der Waals surface area contributed by atoms with Gasteiger partial charge < -0.3 is 14.9 Å². The highest BCUT2D eigenvalue weighted by molar-refractivity contribution is 5.94. The number of hydrogen-bond acceptors (Lipinski definition) is 3. The zero-order chi connectivity index (χ0) is 14.7. The van der Waals surface area contributed by atoms with E-state index in [1.165, 1.54) is 0 Å². The Hall–Kier alpha value is -2.04. The second-order valence-electron chi connectivity index (χ2n) is 5.45. The molecule has 1 saturated heterocycles. The predicted octanol–water partition coefficient (Wildman–Crippen LogP) is 1.69. The predicted molar refractivity (Wildman–Crippen MR) is 77.0 cm³/mol. The van der Waals surface area contributed by atoms with E-state index in [0.717, 1.165) is 12.1 Å². The largest absolute Gasteiger partial charge is 0.481 e. The molecule has 1 atom stereocenters. The van der Waals surface area contributed by atoms with Crippen molar-refractivity contribution in [1.29, 1.82) is 0 Å². The lowest BCUT2D eigenvalue weighted by Crippen LogP contribution is -2.29. The fraction of sp³-hybridized carbons (Fsp3) is 0.467. The van der Waals surface area contributed by atoms with Gasteiger partial charge in [-0.25, -0.2) is 0 Å². The lowest BCUT2D eigenvalue weighted by atomic mass is 10.1. The fourth-order valence-corrected chi connectivity index (χ4v) is 2.52. The number of amides is 1. The first-order chi connectivity index (χ1) is 9.47. The summed E-state index contributed by atoms with van der Waals surface area (Å²) in [5.41, 5.74) is 1.71. The third-order valence-corrected chi connectivity index (χ3v) is 3.67. The van der Waals surface area contributed by atoms with Crippen LogP contribution in [0.15, 0.2) is 24.3 Å². The molecule has 108 valence electrons. The van der Waals surface area contributed by atoms with Crippen LogP contribution in [0.3, 0.4) is 0 Å². The van der Waals surface area contributed by atoms with Crippen molar-refractivity contribution >= 4 is 17.6 Å². The highest BCUT2D eigenvalue weighted by atomic mass is 16.4. The van der Waals surface area contributed by atoms with Crippen LogP contribution < -0.4 is 4.90 Å². The van der Waals surface area contributed by atoms with E-state index >= 15 is 0 Å². The smallest absolute Gasteiger partial charge is 0.303 e. The number of aliphatic carboxylic acids is 1. The van der Waals surface area contributed by atoms with E-state index in [1.54, 1.807) is 4.90 Å². The van der Waals surface area contributed by atoms with E-state index in [-0.39, 0.29) is 18.2 Å². The van der Waals surface area contributed by atoms with Gasteiger partial charge in [-0.1, -0.05) is 0 Å². The fourth-order valence-electron chi connectivity index (χ4n) is 2.52. The van der Waals surface area contributed by atoms with Crippen LogP contribution >= 0.6 is 0 Å². The molecular weight excluding hydrogens is 256 g/mol. The highest BCUT2D eigenvalue weighted by Gasteiger charge is 2.28. The van der Waals surface area contributed by atoms with Gasteiger partial charge in [0.15, 0.2) is 0 Å². The van der Waals surface area contributed by atoms with E-state index in [1.807, 2.05) is 43.3 Å². The highest BCUT2D eigenvalue weighted by Crippen LogP contribution is 2.22. The summed E-state index contributed by atoms with van der Waals surface area (Å²) in [6, 6.07) is 7.47. The van der Waals surface area contributed by atoms with Crippen molar-refractivity contribution in [3.63, 3.8) is 0 Å². The number of carbonyl (C=O) groups excluding carboxylic acids is 1. The number of rotatable bonds is 4. The van der Waals surface area contributed by atoms with E-state index in [2.05, 4.69) is 0 Å². The van der Waals surface area contributed by atoms with E-state index in [0.29, 0.717) is 18.7 Å². The molecule has 0 saturated carbocycles. The van der Waals surface area contributed by atoms with Gasteiger partial charge in [-0.3, -0.25) is 9.59 Å². The van der Waals surface area contributed by atoms with E-state index in [4.69, 9.17) is 5.11 Å². The van der Waals surface area contributed by atoms with Gasteiger partial charge in [-0.05, 0) is 36.6 Å². The van der Waals surface area contributed by atoms with E-state index in [9.17, 15) is 9.59 Å². The van der Waals surface area contributed by atoms with Gasteiger partial charge in [-0.2, -0.15) is 0 Å². The Labute approximate surface area is 118 Å². The van der Waals surface area contributed by atoms with Crippen molar-refractivity contribution in [1.82, 2.24) is 4.90 Å². The monoisotopic (exact) mass is 276 g/mol. The van der Waals surface area contributed by atoms with Crippen LogP contribution in [-0.4, -0.2) is 49.1 Å². The van der Waals surface area contributed by atoms with Crippen LogP contribution in [0.1, 0.15) is 23.2 Å². The van der Waals surface area contributed by atoms with E-state index < -0.39 is 5.97 Å². The molecule has 1 unspecified atom stereocenters. The van der Waals surface area contributed by atoms with Gasteiger partial charge in [-0.15, -0.1) is 0 Å². The molecule has 1 aromatic carbocycles. The quantitative estimate of drug-likeness (QED) is 0.909. The Kier molecular flexibility index (Phi) is 4.27. The molecule has 0 bridgehead atoms. The molecule has 1 amide bonds. The number of nitrogens with zero attached hydrogens (tertiary/aromatic N) is 2. The van der Waals surface area contributed by atoms with Crippen LogP contribution in [0.25, 0.3) is 0 Å². The number of carboxylic acid groups (broad SMARTS) is 1. The Morgan fingerprint density at radius 2 is 1.95 bits per heavy atom. The summed E-state index contributed by atoms with van der Waals surface area (Å²) in [5, 5.41) is 8.79. The Balaban J connectivity index is 1.99. The number of anilines is 1. The second kappa shape index (κ2) is 5.94. The molecule has 1 aliphatic heterocycles. The SMILES string of the molecule is CN(C)c1ccc(C(=O)N2CCC(CC(=O)O)C2)cc1. The molecule has 20 heavy (non-hydrogen) atoms. The first kappa shape index (κ1) is 14.4. The number of likely N-dealkylation sites (tertiary alicyclic amines) is 1. The summed E-state index contributed by atoms with van der Waals surface area (Å²) in [6.45, 7) is 1.19. The zero-order valence-electron chi connectivity index (χ0n) is 11.9. The summed E-state index contributed by atoms with van der Waals surface area (Å²) in [7, 11) is 3.90. The zero-order valence-corrected chi connectivity index (χ0v) is 11.9. The molecule has 0 aromatic heterocycles. The van der Waals surface area contributed by atoms with Crippen molar-refractivity contribution in [2.45, 2.75) is 12.8 Å². The molecule has 0 radical (unpaired) electrons. The topological polar surface area (TPSA) is 60.9 Å². The third-order valence-electron chi connectivity index (χ3n) is 3.67. The number of carbonyl (C=O) groups is 2. The minimum Gasteiger partial charge on any atom is -0.481 e. The maximum Gasteiger partial charge on any atom is 0.303 e. The average Bonchev–Trinajstić information content (AvgIpc) is 2.85. The first-order valence-electron chi connectivity index (χ1n) is 6.76. The van der Waals surface area contributed by atoms with Gasteiger partial charge in [0.2, 0.25) is 0 Å². The normalized spacial score (nSPS) is 18.1. The number of benzene rings is 1. The molecule has 2 rings (SSSR count). The molecule has 0 aliphatic carbocycles. The summed E-state index contributed by atoms with van der Waals surface area (Å²) in [6.07, 6.45) is 0.914. The van der Waals surface area contributed by atoms with Gasteiger partial charge >= 0.3 is 5.97 Å². The van der Waals surface area contributed by atoms with Crippen molar-refractivity contribution < 1.29 is 14.7 Å². The third kappa shape index (κ3) is 3.29.